The third kappa shape index (κ3) is 6.28. The van der Waals surface area contributed by atoms with Crippen LogP contribution in [0.1, 0.15) is 55.4 Å². The van der Waals surface area contributed by atoms with Gasteiger partial charge >= 0.3 is 8.56 Å². The van der Waals surface area contributed by atoms with Crippen molar-refractivity contribution in [1.82, 2.24) is 4.23 Å². The Morgan fingerprint density at radius 3 is 1.16 bits per heavy atom. The van der Waals surface area contributed by atoms with E-state index in [0.717, 1.165) is 19.3 Å². The predicted molar refractivity (Wildman–Crippen MR) is 121 cm³/mol. The summed E-state index contributed by atoms with van der Waals surface area (Å²) in [5, 5.41) is 0. The van der Waals surface area contributed by atoms with Gasteiger partial charge in [0.2, 0.25) is 0 Å². The molecule has 0 amide bonds. The van der Waals surface area contributed by atoms with Crippen LogP contribution in [0.3, 0.4) is 0 Å². The molecule has 0 aromatic rings. The lowest BCUT2D eigenvalue weighted by Crippen LogP contribution is -2.66. The van der Waals surface area contributed by atoms with Gasteiger partial charge in [-0.25, -0.2) is 0 Å². The van der Waals surface area contributed by atoms with E-state index in [2.05, 4.69) is 66.2 Å². The van der Waals surface area contributed by atoms with Crippen molar-refractivity contribution in [3.63, 3.8) is 0 Å². The first kappa shape index (κ1) is 25.5. The van der Waals surface area contributed by atoms with Crippen LogP contribution in [0, 0.1) is 0 Å². The van der Waals surface area contributed by atoms with E-state index in [1.165, 1.54) is 42.8 Å². The molecule has 0 rings (SSSR count). The minimum atomic E-state index is -2.04. The van der Waals surface area contributed by atoms with Crippen LogP contribution in [-0.2, 0) is 8.85 Å². The SMILES string of the molecule is CCO[Si](C)(CCN([Si](CC)(CC)CC)[Si](CC)(CC)CC)OCC. The van der Waals surface area contributed by atoms with Gasteiger partial charge < -0.3 is 13.1 Å². The van der Waals surface area contributed by atoms with Crippen LogP contribution in [0.2, 0.25) is 48.9 Å². The van der Waals surface area contributed by atoms with Crippen LogP contribution in [0.25, 0.3) is 0 Å². The molecule has 0 atom stereocenters. The van der Waals surface area contributed by atoms with Gasteiger partial charge in [0.1, 0.15) is 16.5 Å². The second-order valence-corrected chi connectivity index (χ2v) is 21.5. The summed E-state index contributed by atoms with van der Waals surface area (Å²) < 4.78 is 15.5. The van der Waals surface area contributed by atoms with Crippen molar-refractivity contribution in [3.05, 3.63) is 0 Å². The minimum Gasteiger partial charge on any atom is -0.395 e. The van der Waals surface area contributed by atoms with Gasteiger partial charge in [0.05, 0.1) is 0 Å². The van der Waals surface area contributed by atoms with Gasteiger partial charge in [-0.05, 0) is 63.2 Å². The summed E-state index contributed by atoms with van der Waals surface area (Å²) in [7, 11) is -4.81. The topological polar surface area (TPSA) is 21.7 Å². The molecular formula is C19H47NO2Si3. The van der Waals surface area contributed by atoms with Crippen LogP contribution < -0.4 is 0 Å². The third-order valence-electron chi connectivity index (χ3n) is 6.78. The van der Waals surface area contributed by atoms with E-state index in [0.29, 0.717) is 0 Å². The maximum Gasteiger partial charge on any atom is 0.336 e. The first-order valence-corrected chi connectivity index (χ1v) is 18.5. The van der Waals surface area contributed by atoms with E-state index in [1.54, 1.807) is 0 Å². The molecular weight excluding hydrogens is 358 g/mol. The van der Waals surface area contributed by atoms with Crippen molar-refractivity contribution < 1.29 is 8.85 Å². The smallest absolute Gasteiger partial charge is 0.336 e. The van der Waals surface area contributed by atoms with Crippen molar-refractivity contribution in [1.29, 1.82) is 0 Å². The number of nitrogens with zero attached hydrogens (tertiary/aromatic N) is 1. The normalized spacial score (nSPS) is 13.7. The van der Waals surface area contributed by atoms with Crippen LogP contribution >= 0.6 is 0 Å². The first-order chi connectivity index (χ1) is 11.8. The molecule has 0 aromatic heterocycles. The van der Waals surface area contributed by atoms with E-state index in [9.17, 15) is 0 Å². The highest BCUT2D eigenvalue weighted by Gasteiger charge is 2.47. The summed E-state index contributed by atoms with van der Waals surface area (Å²) in [6.45, 7) is 24.0. The molecule has 0 N–H and O–H groups in total. The second-order valence-electron chi connectivity index (χ2n) is 7.47. The largest absolute Gasteiger partial charge is 0.395 e. The standard InChI is InChI=1S/C19H47NO2Si3/c1-10-21-23(9,22-11-2)19-18-20(24(12-3,13-4)14-5)25(15-6,16-7)17-8/h10-19H2,1-9H3. The molecule has 0 bridgehead atoms. The monoisotopic (exact) mass is 405 g/mol. The fourth-order valence-electron chi connectivity index (χ4n) is 4.73. The van der Waals surface area contributed by atoms with Crippen molar-refractivity contribution in [2.45, 2.75) is 104 Å². The summed E-state index contributed by atoms with van der Waals surface area (Å²) in [4.78, 5) is 0. The maximum atomic E-state index is 6.17. The molecule has 0 radical (unpaired) electrons. The molecule has 0 fully saturated rings. The molecule has 0 unspecified atom stereocenters. The Morgan fingerprint density at radius 2 is 0.920 bits per heavy atom. The van der Waals surface area contributed by atoms with Crippen LogP contribution in [0.5, 0.6) is 0 Å². The molecule has 0 aliphatic heterocycles. The molecule has 25 heavy (non-hydrogen) atoms. The van der Waals surface area contributed by atoms with Gasteiger partial charge in [0.15, 0.2) is 0 Å². The quantitative estimate of drug-likeness (QED) is 0.292. The Balaban J connectivity index is 5.74. The lowest BCUT2D eigenvalue weighted by Gasteiger charge is -2.53. The van der Waals surface area contributed by atoms with E-state index in [1.807, 2.05) is 0 Å². The van der Waals surface area contributed by atoms with Gasteiger partial charge in [-0.3, -0.25) is 0 Å². The van der Waals surface area contributed by atoms with Gasteiger partial charge in [-0.1, -0.05) is 41.5 Å². The van der Waals surface area contributed by atoms with Gasteiger partial charge in [0, 0.05) is 19.3 Å². The molecule has 0 aliphatic carbocycles. The molecule has 0 saturated heterocycles. The van der Waals surface area contributed by atoms with Crippen molar-refractivity contribution in [2.24, 2.45) is 0 Å². The van der Waals surface area contributed by atoms with Crippen molar-refractivity contribution >= 4 is 25.0 Å². The molecule has 0 saturated carbocycles. The third-order valence-corrected chi connectivity index (χ3v) is 23.2. The Kier molecular flexibility index (Phi) is 12.3. The Labute approximate surface area is 162 Å². The number of rotatable bonds is 15. The predicted octanol–water partition coefficient (Wildman–Crippen LogP) is 6.44. The number of hydrogen-bond acceptors (Lipinski definition) is 3. The van der Waals surface area contributed by atoms with Crippen molar-refractivity contribution in [3.8, 4) is 0 Å². The second kappa shape index (κ2) is 12.1. The summed E-state index contributed by atoms with van der Waals surface area (Å²) >= 11 is 0. The van der Waals surface area contributed by atoms with E-state index >= 15 is 0 Å². The van der Waals surface area contributed by atoms with Crippen LogP contribution in [0.15, 0.2) is 0 Å². The molecule has 3 nitrogen and oxygen atoms in total. The fourth-order valence-corrected chi connectivity index (χ4v) is 20.7. The minimum absolute atomic E-state index is 0.776. The zero-order valence-electron chi connectivity index (χ0n) is 18.8. The van der Waals surface area contributed by atoms with E-state index < -0.39 is 25.0 Å². The summed E-state index contributed by atoms with van der Waals surface area (Å²) in [6.07, 6.45) is 0. The van der Waals surface area contributed by atoms with Gasteiger partial charge in [-0.15, -0.1) is 0 Å². The summed E-state index contributed by atoms with van der Waals surface area (Å²) in [5.41, 5.74) is 0. The van der Waals surface area contributed by atoms with Crippen molar-refractivity contribution in [2.75, 3.05) is 19.8 Å². The zero-order chi connectivity index (χ0) is 19.6. The first-order valence-electron chi connectivity index (χ1n) is 10.9. The number of hydrogen-bond donors (Lipinski definition) is 0. The lowest BCUT2D eigenvalue weighted by molar-refractivity contribution is 0.188. The molecule has 0 aromatic carbocycles. The van der Waals surface area contributed by atoms with Crippen LogP contribution in [0.4, 0.5) is 0 Å². The lowest BCUT2D eigenvalue weighted by atomic mass is 10.8. The zero-order valence-corrected chi connectivity index (χ0v) is 21.8. The maximum absolute atomic E-state index is 6.17. The Bertz CT molecular complexity index is 305. The highest BCUT2D eigenvalue weighted by molar-refractivity contribution is 6.92. The van der Waals surface area contributed by atoms with Gasteiger partial charge in [-0.2, -0.15) is 0 Å². The fraction of sp³-hybridized carbons (Fsp3) is 1.00. The van der Waals surface area contributed by atoms with Gasteiger partial charge in [0.25, 0.3) is 0 Å². The highest BCUT2D eigenvalue weighted by atomic mass is 28.4. The molecule has 0 aliphatic rings. The molecule has 152 valence electrons. The summed E-state index contributed by atoms with van der Waals surface area (Å²) in [6, 6.07) is 9.43. The molecule has 0 spiro atoms. The average molecular weight is 406 g/mol. The average Bonchev–Trinajstić information content (AvgIpc) is 2.62. The Morgan fingerprint density at radius 1 is 0.600 bits per heavy atom. The highest BCUT2D eigenvalue weighted by Crippen LogP contribution is 2.36. The Hall–Kier alpha value is 0.531. The van der Waals surface area contributed by atoms with E-state index in [-0.39, 0.29) is 0 Å². The summed E-state index contributed by atoms with van der Waals surface area (Å²) in [5.74, 6) is 0. The van der Waals surface area contributed by atoms with Crippen LogP contribution in [-0.4, -0.2) is 49.0 Å². The van der Waals surface area contributed by atoms with E-state index in [4.69, 9.17) is 8.85 Å². The molecule has 6 heteroatoms. The molecule has 0 heterocycles.